The average molecular weight is 198 g/mol. The van der Waals surface area contributed by atoms with Gasteiger partial charge in [0.25, 0.3) is 0 Å². The van der Waals surface area contributed by atoms with Gasteiger partial charge in [0.1, 0.15) is 5.76 Å². The van der Waals surface area contributed by atoms with Crippen LogP contribution in [0, 0.1) is 0 Å². The van der Waals surface area contributed by atoms with Crippen LogP contribution < -0.4 is 5.48 Å². The second-order valence-corrected chi connectivity index (χ2v) is 3.11. The Kier molecular flexibility index (Phi) is 2.22. The molecule has 4 heteroatoms. The van der Waals surface area contributed by atoms with Gasteiger partial charge in [0.15, 0.2) is 5.58 Å². The molecule has 0 aliphatic rings. The minimum absolute atomic E-state index is 0.283. The maximum absolute atomic E-state index is 8.47. The number of para-hydroxylation sites is 1. The second kappa shape index (κ2) is 3.38. The molecule has 0 aliphatic carbocycles. The fourth-order valence-electron chi connectivity index (χ4n) is 1.25. The van der Waals surface area contributed by atoms with Gasteiger partial charge in [-0.3, -0.25) is 0 Å². The number of halogens is 1. The van der Waals surface area contributed by atoms with E-state index in [2.05, 4.69) is 0 Å². The zero-order valence-electron chi connectivity index (χ0n) is 6.75. The van der Waals surface area contributed by atoms with Crippen LogP contribution in [0.3, 0.4) is 0 Å². The summed E-state index contributed by atoms with van der Waals surface area (Å²) in [5.74, 6) is 0.658. The van der Waals surface area contributed by atoms with Crippen molar-refractivity contribution < 1.29 is 9.62 Å². The number of hydrogen-bond donors (Lipinski definition) is 2. The fourth-order valence-corrected chi connectivity index (χ4v) is 1.47. The maximum Gasteiger partial charge on any atom is 0.152 e. The molecule has 0 fully saturated rings. The first-order valence-electron chi connectivity index (χ1n) is 3.85. The average Bonchev–Trinajstić information content (AvgIpc) is 2.49. The molecule has 0 saturated heterocycles. The lowest BCUT2D eigenvalue weighted by Crippen LogP contribution is -2.04. The molecule has 0 atom stereocenters. The van der Waals surface area contributed by atoms with Gasteiger partial charge in [-0.05, 0) is 12.1 Å². The third-order valence-corrected chi connectivity index (χ3v) is 2.10. The van der Waals surface area contributed by atoms with Crippen molar-refractivity contribution in [2.75, 3.05) is 0 Å². The molecule has 1 aromatic carbocycles. The number of hydroxylamine groups is 1. The highest BCUT2D eigenvalue weighted by Crippen LogP contribution is 2.26. The zero-order valence-corrected chi connectivity index (χ0v) is 7.51. The molecule has 0 bridgehead atoms. The summed E-state index contributed by atoms with van der Waals surface area (Å²) in [6.07, 6.45) is 0. The van der Waals surface area contributed by atoms with E-state index in [0.717, 1.165) is 5.39 Å². The molecule has 0 amide bonds. The monoisotopic (exact) mass is 197 g/mol. The number of furan rings is 1. The van der Waals surface area contributed by atoms with Gasteiger partial charge in [-0.2, -0.15) is 5.48 Å². The molecular formula is C9H8ClNO2. The molecule has 0 unspecified atom stereocenters. The summed E-state index contributed by atoms with van der Waals surface area (Å²) in [6, 6.07) is 7.37. The molecule has 1 aromatic heterocycles. The lowest BCUT2D eigenvalue weighted by molar-refractivity contribution is 0.154. The summed E-state index contributed by atoms with van der Waals surface area (Å²) in [6.45, 7) is 0.283. The van der Waals surface area contributed by atoms with Gasteiger partial charge in [-0.25, -0.2) is 0 Å². The number of fused-ring (bicyclic) bond motifs is 1. The molecule has 13 heavy (non-hydrogen) atoms. The van der Waals surface area contributed by atoms with Crippen molar-refractivity contribution in [2.24, 2.45) is 0 Å². The summed E-state index contributed by atoms with van der Waals surface area (Å²) in [5, 5.41) is 10.00. The summed E-state index contributed by atoms with van der Waals surface area (Å²) in [7, 11) is 0. The molecule has 0 saturated carbocycles. The van der Waals surface area contributed by atoms with Gasteiger partial charge >= 0.3 is 0 Å². The van der Waals surface area contributed by atoms with Crippen LogP contribution in [-0.2, 0) is 6.54 Å². The molecule has 0 aliphatic heterocycles. The minimum atomic E-state index is 0.283. The lowest BCUT2D eigenvalue weighted by atomic mass is 10.2. The molecule has 2 N–H and O–H groups in total. The number of benzene rings is 1. The Morgan fingerprint density at radius 1 is 1.46 bits per heavy atom. The standard InChI is InChI=1S/C9H8ClNO2/c10-8-3-1-2-6-4-7(5-11-12)13-9(6)8/h1-4,11-12H,5H2. The van der Waals surface area contributed by atoms with Gasteiger partial charge in [0, 0.05) is 5.39 Å². The summed E-state index contributed by atoms with van der Waals surface area (Å²) >= 11 is 5.89. The highest BCUT2D eigenvalue weighted by molar-refractivity contribution is 6.34. The van der Waals surface area contributed by atoms with Gasteiger partial charge in [-0.1, -0.05) is 23.7 Å². The molecular weight excluding hydrogens is 190 g/mol. The predicted octanol–water partition coefficient (Wildman–Crippen LogP) is 2.57. The minimum Gasteiger partial charge on any atom is -0.458 e. The van der Waals surface area contributed by atoms with Crippen LogP contribution in [-0.4, -0.2) is 5.21 Å². The Morgan fingerprint density at radius 3 is 3.00 bits per heavy atom. The van der Waals surface area contributed by atoms with E-state index in [1.54, 1.807) is 6.07 Å². The van der Waals surface area contributed by atoms with Crippen molar-refractivity contribution in [3.8, 4) is 0 Å². The van der Waals surface area contributed by atoms with Crippen molar-refractivity contribution in [2.45, 2.75) is 6.54 Å². The van der Waals surface area contributed by atoms with Crippen LogP contribution in [0.4, 0.5) is 0 Å². The van der Waals surface area contributed by atoms with Gasteiger partial charge in [0.2, 0.25) is 0 Å². The first-order valence-corrected chi connectivity index (χ1v) is 4.23. The van der Waals surface area contributed by atoms with Crippen molar-refractivity contribution in [1.29, 1.82) is 0 Å². The van der Waals surface area contributed by atoms with E-state index in [9.17, 15) is 0 Å². The largest absolute Gasteiger partial charge is 0.458 e. The van der Waals surface area contributed by atoms with E-state index in [1.807, 2.05) is 23.7 Å². The maximum atomic E-state index is 8.47. The lowest BCUT2D eigenvalue weighted by Gasteiger charge is -1.91. The van der Waals surface area contributed by atoms with Crippen LogP contribution in [0.25, 0.3) is 11.0 Å². The van der Waals surface area contributed by atoms with E-state index >= 15 is 0 Å². The number of hydrogen-bond acceptors (Lipinski definition) is 3. The van der Waals surface area contributed by atoms with Gasteiger partial charge in [0.05, 0.1) is 11.6 Å². The van der Waals surface area contributed by atoms with Crippen LogP contribution >= 0.6 is 11.6 Å². The molecule has 2 aromatic rings. The summed E-state index contributed by atoms with van der Waals surface area (Å²) in [5.41, 5.74) is 2.69. The highest BCUT2D eigenvalue weighted by Gasteiger charge is 2.05. The molecule has 1 heterocycles. The molecule has 3 nitrogen and oxygen atoms in total. The SMILES string of the molecule is ONCc1cc2cccc(Cl)c2o1. The van der Waals surface area contributed by atoms with Crippen molar-refractivity contribution in [3.05, 3.63) is 35.0 Å². The van der Waals surface area contributed by atoms with Crippen LogP contribution in [0.5, 0.6) is 0 Å². The van der Waals surface area contributed by atoms with E-state index < -0.39 is 0 Å². The smallest absolute Gasteiger partial charge is 0.152 e. The second-order valence-electron chi connectivity index (χ2n) is 2.71. The normalized spacial score (nSPS) is 10.9. The van der Waals surface area contributed by atoms with E-state index in [0.29, 0.717) is 16.4 Å². The third kappa shape index (κ3) is 1.54. The number of rotatable bonds is 2. The Bertz CT molecular complexity index is 424. The van der Waals surface area contributed by atoms with Crippen LogP contribution in [0.15, 0.2) is 28.7 Å². The van der Waals surface area contributed by atoms with Crippen molar-refractivity contribution in [1.82, 2.24) is 5.48 Å². The summed E-state index contributed by atoms with van der Waals surface area (Å²) < 4.78 is 5.38. The first kappa shape index (κ1) is 8.56. The first-order chi connectivity index (χ1) is 6.31. The Morgan fingerprint density at radius 2 is 2.31 bits per heavy atom. The van der Waals surface area contributed by atoms with Crippen LogP contribution in [0.2, 0.25) is 5.02 Å². The van der Waals surface area contributed by atoms with E-state index in [1.165, 1.54) is 0 Å². The van der Waals surface area contributed by atoms with E-state index in [-0.39, 0.29) is 6.54 Å². The summed E-state index contributed by atoms with van der Waals surface area (Å²) in [4.78, 5) is 0. The molecule has 2 rings (SSSR count). The topological polar surface area (TPSA) is 45.4 Å². The quantitative estimate of drug-likeness (QED) is 0.728. The van der Waals surface area contributed by atoms with E-state index in [4.69, 9.17) is 21.2 Å². The molecule has 68 valence electrons. The van der Waals surface area contributed by atoms with Crippen molar-refractivity contribution >= 4 is 22.6 Å². The number of nitrogens with one attached hydrogen (secondary N) is 1. The Hall–Kier alpha value is -1.03. The Labute approximate surface area is 79.9 Å². The molecule has 0 spiro atoms. The highest BCUT2D eigenvalue weighted by atomic mass is 35.5. The van der Waals surface area contributed by atoms with Gasteiger partial charge < -0.3 is 9.62 Å². The fraction of sp³-hybridized carbons (Fsp3) is 0.111. The third-order valence-electron chi connectivity index (χ3n) is 1.80. The van der Waals surface area contributed by atoms with Gasteiger partial charge in [-0.15, -0.1) is 0 Å². The van der Waals surface area contributed by atoms with Crippen LogP contribution in [0.1, 0.15) is 5.76 Å². The predicted molar refractivity (Wildman–Crippen MR) is 49.9 cm³/mol. The zero-order chi connectivity index (χ0) is 9.26. The Balaban J connectivity index is 2.55. The van der Waals surface area contributed by atoms with Crippen molar-refractivity contribution in [3.63, 3.8) is 0 Å². The molecule has 0 radical (unpaired) electrons.